The minimum atomic E-state index is 1.24. The Morgan fingerprint density at radius 2 is 2.00 bits per heavy atom. The molecule has 82 valence electrons. The Bertz CT molecular complexity index is 291. The monoisotopic (exact) mass is 238 g/mol. The summed E-state index contributed by atoms with van der Waals surface area (Å²) in [5, 5.41) is 2.25. The average molecular weight is 238 g/mol. The van der Waals surface area contributed by atoms with Crippen LogP contribution in [0, 0.1) is 0 Å². The molecular weight excluding hydrogens is 220 g/mol. The molecule has 0 heterocycles. The molecule has 0 radical (unpaired) electrons. The molecule has 0 aliphatic heterocycles. The van der Waals surface area contributed by atoms with E-state index in [0.29, 0.717) is 0 Å². The van der Waals surface area contributed by atoms with Crippen molar-refractivity contribution in [1.82, 2.24) is 0 Å². The fourth-order valence-electron chi connectivity index (χ4n) is 1.06. The molecule has 0 aliphatic carbocycles. The second-order valence-electron chi connectivity index (χ2n) is 3.36. The Labute approximate surface area is 102 Å². The van der Waals surface area contributed by atoms with Crippen molar-refractivity contribution >= 4 is 23.5 Å². The van der Waals surface area contributed by atoms with Crippen molar-refractivity contribution in [3.63, 3.8) is 0 Å². The van der Waals surface area contributed by atoms with Crippen LogP contribution in [0.4, 0.5) is 0 Å². The highest BCUT2D eigenvalue weighted by atomic mass is 32.2. The van der Waals surface area contributed by atoms with Crippen LogP contribution in [0.1, 0.15) is 26.7 Å². The maximum Gasteiger partial charge on any atom is 0.0116 e. The zero-order valence-electron chi connectivity index (χ0n) is 9.40. The van der Waals surface area contributed by atoms with Gasteiger partial charge in [0.2, 0.25) is 0 Å². The third-order valence-electron chi connectivity index (χ3n) is 1.93. The molecule has 0 N–H and O–H groups in total. The summed E-state index contributed by atoms with van der Waals surface area (Å²) in [5.41, 5.74) is 0. The Morgan fingerprint density at radius 3 is 2.67 bits per heavy atom. The van der Waals surface area contributed by atoms with Gasteiger partial charge in [-0.2, -0.15) is 0 Å². The molecule has 0 fully saturated rings. The largest absolute Gasteiger partial charge is 0.130 e. The summed E-state index contributed by atoms with van der Waals surface area (Å²) >= 11 is 3.76. The zero-order valence-corrected chi connectivity index (χ0v) is 11.0. The van der Waals surface area contributed by atoms with Gasteiger partial charge in [0, 0.05) is 4.90 Å². The van der Waals surface area contributed by atoms with E-state index in [9.17, 15) is 0 Å². The van der Waals surface area contributed by atoms with Crippen molar-refractivity contribution in [2.24, 2.45) is 0 Å². The Hall–Kier alpha value is -0.340. The molecule has 0 unspecified atom stereocenters. The highest BCUT2D eigenvalue weighted by molar-refractivity contribution is 8.06. The summed E-state index contributed by atoms with van der Waals surface area (Å²) < 4.78 is 0. The van der Waals surface area contributed by atoms with E-state index in [0.717, 1.165) is 0 Å². The predicted molar refractivity (Wildman–Crippen MR) is 73.4 cm³/mol. The number of allylic oxidation sites excluding steroid dienone is 1. The van der Waals surface area contributed by atoms with E-state index in [1.165, 1.54) is 28.4 Å². The quantitative estimate of drug-likeness (QED) is 0.495. The van der Waals surface area contributed by atoms with Crippen molar-refractivity contribution in [3.05, 3.63) is 40.6 Å². The molecular formula is C13H18S2. The maximum atomic E-state index is 2.25. The van der Waals surface area contributed by atoms with Gasteiger partial charge in [-0.05, 0) is 41.5 Å². The molecule has 0 aromatic heterocycles. The van der Waals surface area contributed by atoms with E-state index >= 15 is 0 Å². The molecule has 0 saturated carbocycles. The fourth-order valence-corrected chi connectivity index (χ4v) is 2.85. The van der Waals surface area contributed by atoms with Gasteiger partial charge in [-0.25, -0.2) is 0 Å². The Morgan fingerprint density at radius 1 is 1.27 bits per heavy atom. The molecule has 0 spiro atoms. The third-order valence-corrected chi connectivity index (χ3v) is 4.16. The standard InChI is InChI=1S/C13H18S2/c1-3-4-10-14-12(2)11-15-13-8-6-5-7-9-13/h5-9,11H,3-4,10H2,1-2H3/b12-11+. The Kier molecular flexibility index (Phi) is 6.69. The molecule has 0 bridgehead atoms. The fraction of sp³-hybridized carbons (Fsp3) is 0.385. The first kappa shape index (κ1) is 12.7. The summed E-state index contributed by atoms with van der Waals surface area (Å²) in [7, 11) is 0. The van der Waals surface area contributed by atoms with E-state index in [-0.39, 0.29) is 0 Å². The summed E-state index contributed by atoms with van der Waals surface area (Å²) in [4.78, 5) is 2.73. The summed E-state index contributed by atoms with van der Waals surface area (Å²) in [5.74, 6) is 1.24. The van der Waals surface area contributed by atoms with Gasteiger partial charge in [-0.3, -0.25) is 0 Å². The van der Waals surface area contributed by atoms with Crippen LogP contribution in [0.25, 0.3) is 0 Å². The van der Waals surface area contributed by atoms with Gasteiger partial charge in [-0.1, -0.05) is 43.3 Å². The van der Waals surface area contributed by atoms with Gasteiger partial charge >= 0.3 is 0 Å². The van der Waals surface area contributed by atoms with E-state index in [1.807, 2.05) is 11.8 Å². The van der Waals surface area contributed by atoms with Crippen molar-refractivity contribution in [2.75, 3.05) is 5.75 Å². The molecule has 1 aromatic carbocycles. The molecule has 0 aliphatic rings. The highest BCUT2D eigenvalue weighted by Gasteiger charge is 1.92. The van der Waals surface area contributed by atoms with Crippen LogP contribution in [0.3, 0.4) is 0 Å². The van der Waals surface area contributed by atoms with Crippen LogP contribution >= 0.6 is 23.5 Å². The van der Waals surface area contributed by atoms with E-state index in [2.05, 4.69) is 49.6 Å². The van der Waals surface area contributed by atoms with E-state index in [1.54, 1.807) is 11.8 Å². The average Bonchev–Trinajstić information content (AvgIpc) is 2.28. The minimum absolute atomic E-state index is 1.24. The predicted octanol–water partition coefficient (Wildman–Crippen LogP) is 5.17. The molecule has 0 atom stereocenters. The van der Waals surface area contributed by atoms with Gasteiger partial charge in [0.25, 0.3) is 0 Å². The van der Waals surface area contributed by atoms with Gasteiger partial charge in [-0.15, -0.1) is 11.8 Å². The lowest BCUT2D eigenvalue weighted by molar-refractivity contribution is 0.897. The number of hydrogen-bond donors (Lipinski definition) is 0. The first-order valence-electron chi connectivity index (χ1n) is 5.34. The topological polar surface area (TPSA) is 0 Å². The van der Waals surface area contributed by atoms with Crippen molar-refractivity contribution in [3.8, 4) is 0 Å². The molecule has 0 nitrogen and oxygen atoms in total. The number of hydrogen-bond acceptors (Lipinski definition) is 2. The van der Waals surface area contributed by atoms with Gasteiger partial charge in [0.1, 0.15) is 0 Å². The summed E-state index contributed by atoms with van der Waals surface area (Å²) in [6.45, 7) is 4.43. The first-order chi connectivity index (χ1) is 7.33. The molecule has 2 heteroatoms. The van der Waals surface area contributed by atoms with E-state index in [4.69, 9.17) is 0 Å². The van der Waals surface area contributed by atoms with Crippen LogP contribution < -0.4 is 0 Å². The second kappa shape index (κ2) is 7.89. The highest BCUT2D eigenvalue weighted by Crippen LogP contribution is 2.25. The van der Waals surface area contributed by atoms with Crippen LogP contribution in [0.5, 0.6) is 0 Å². The second-order valence-corrected chi connectivity index (χ2v) is 5.65. The summed E-state index contributed by atoms with van der Waals surface area (Å²) in [6.07, 6.45) is 2.60. The van der Waals surface area contributed by atoms with Crippen LogP contribution in [-0.4, -0.2) is 5.75 Å². The third kappa shape index (κ3) is 5.95. The Balaban J connectivity index is 2.31. The van der Waals surface area contributed by atoms with E-state index < -0.39 is 0 Å². The van der Waals surface area contributed by atoms with Crippen molar-refractivity contribution in [1.29, 1.82) is 0 Å². The van der Waals surface area contributed by atoms with Crippen molar-refractivity contribution < 1.29 is 0 Å². The maximum absolute atomic E-state index is 2.25. The number of unbranched alkanes of at least 4 members (excludes halogenated alkanes) is 1. The van der Waals surface area contributed by atoms with Crippen LogP contribution in [0.2, 0.25) is 0 Å². The molecule has 1 rings (SSSR count). The van der Waals surface area contributed by atoms with Crippen LogP contribution in [-0.2, 0) is 0 Å². The first-order valence-corrected chi connectivity index (χ1v) is 7.20. The number of rotatable bonds is 6. The smallest absolute Gasteiger partial charge is 0.0116 e. The lowest BCUT2D eigenvalue weighted by Gasteiger charge is -2.00. The zero-order chi connectivity index (χ0) is 10.9. The summed E-state index contributed by atoms with van der Waals surface area (Å²) in [6, 6.07) is 10.5. The lowest BCUT2D eigenvalue weighted by atomic mass is 10.4. The van der Waals surface area contributed by atoms with Crippen LogP contribution in [0.15, 0.2) is 45.5 Å². The molecule has 0 amide bonds. The molecule has 15 heavy (non-hydrogen) atoms. The van der Waals surface area contributed by atoms with Gasteiger partial charge in [0.05, 0.1) is 0 Å². The molecule has 1 aromatic rings. The van der Waals surface area contributed by atoms with Gasteiger partial charge < -0.3 is 0 Å². The van der Waals surface area contributed by atoms with Crippen molar-refractivity contribution in [2.45, 2.75) is 31.6 Å². The SMILES string of the molecule is CCCCS/C(C)=C/Sc1ccccc1. The minimum Gasteiger partial charge on any atom is -0.130 e. The van der Waals surface area contributed by atoms with Gasteiger partial charge in [0.15, 0.2) is 0 Å². The molecule has 0 saturated heterocycles. The lowest BCUT2D eigenvalue weighted by Crippen LogP contribution is -1.76. The number of thioether (sulfide) groups is 2. The normalized spacial score (nSPS) is 11.7. The number of benzene rings is 1.